The standard InChI is InChI=1S/C51H36N4S2/c1-3-13-31(14-4-1)49-52-50(32-15-5-2-6-16-32)54-51(53-49)41-21-12-24-44-47(41)40-20-11-19-35(48(40)57-44)33-25-27-38-39-28-26-34(30-46(39)56-45(38)29-33)55-42-22-9-7-17-36(42)37-18-8-10-23-43(37)55/h1-18,20-30,35,49,51,53H,19H2,(H,52,54). The topological polar surface area (TPSA) is 41.4 Å². The smallest absolute Gasteiger partial charge is 0.131 e. The summed E-state index contributed by atoms with van der Waals surface area (Å²) in [4.78, 5) is 6.62. The van der Waals surface area contributed by atoms with Crippen LogP contribution in [0, 0.1) is 0 Å². The molecule has 3 aromatic heterocycles. The van der Waals surface area contributed by atoms with E-state index in [4.69, 9.17) is 4.99 Å². The quantitative estimate of drug-likeness (QED) is 0.183. The molecule has 1 aliphatic carbocycles. The zero-order chi connectivity index (χ0) is 37.5. The van der Waals surface area contributed by atoms with Crippen LogP contribution in [0.5, 0.6) is 0 Å². The molecule has 0 saturated heterocycles. The first-order chi connectivity index (χ1) is 28.2. The summed E-state index contributed by atoms with van der Waals surface area (Å²) in [5.74, 6) is 1.20. The van der Waals surface area contributed by atoms with Crippen LogP contribution in [0.15, 0.2) is 175 Å². The number of fused-ring (bicyclic) bond motifs is 9. The Morgan fingerprint density at radius 2 is 1.28 bits per heavy atom. The van der Waals surface area contributed by atoms with Gasteiger partial charge in [0.25, 0.3) is 0 Å². The Kier molecular flexibility index (Phi) is 7.58. The molecule has 3 atom stereocenters. The largest absolute Gasteiger partial charge is 0.350 e. The van der Waals surface area contributed by atoms with E-state index in [2.05, 4.69) is 191 Å². The predicted molar refractivity (Wildman–Crippen MR) is 242 cm³/mol. The molecular weight excluding hydrogens is 733 g/mol. The molecule has 4 heterocycles. The lowest BCUT2D eigenvalue weighted by Crippen LogP contribution is -2.45. The van der Waals surface area contributed by atoms with E-state index in [1.165, 1.54) is 79.3 Å². The number of benzene rings is 7. The summed E-state index contributed by atoms with van der Waals surface area (Å²) in [5, 5.41) is 14.2. The SMILES string of the molecule is C1=Cc2c(sc3cccc(C4NC(c5ccccc5)=NC(c5ccccc5)N4)c23)C(c2ccc3c(c2)sc2cc(-n4c5ccccc5c5ccccc54)ccc23)C1. The normalized spacial score (nSPS) is 18.0. The molecule has 0 spiro atoms. The van der Waals surface area contributed by atoms with E-state index in [-0.39, 0.29) is 12.3 Å². The molecule has 2 aliphatic rings. The third kappa shape index (κ3) is 5.32. The van der Waals surface area contributed by atoms with Crippen LogP contribution < -0.4 is 10.6 Å². The number of nitrogens with zero attached hydrogens (tertiary/aromatic N) is 2. The van der Waals surface area contributed by atoms with Gasteiger partial charge in [0, 0.05) is 63.1 Å². The van der Waals surface area contributed by atoms with Crippen molar-refractivity contribution in [3.05, 3.63) is 203 Å². The van der Waals surface area contributed by atoms with Crippen molar-refractivity contribution in [1.82, 2.24) is 15.2 Å². The number of amidine groups is 1. The van der Waals surface area contributed by atoms with Crippen LogP contribution in [-0.2, 0) is 0 Å². The molecule has 0 radical (unpaired) electrons. The van der Waals surface area contributed by atoms with Gasteiger partial charge in [-0.2, -0.15) is 0 Å². The predicted octanol–water partition coefficient (Wildman–Crippen LogP) is 13.3. The molecule has 6 heteroatoms. The van der Waals surface area contributed by atoms with Gasteiger partial charge in [-0.25, -0.2) is 4.99 Å². The average molecular weight is 769 g/mol. The van der Waals surface area contributed by atoms with E-state index in [0.29, 0.717) is 5.92 Å². The van der Waals surface area contributed by atoms with E-state index in [9.17, 15) is 0 Å². The molecule has 4 nitrogen and oxygen atoms in total. The molecule has 0 amide bonds. The zero-order valence-electron chi connectivity index (χ0n) is 30.9. The number of rotatable bonds is 5. The summed E-state index contributed by atoms with van der Waals surface area (Å²) < 4.78 is 6.39. The fraction of sp³-hybridized carbons (Fsp3) is 0.0784. The van der Waals surface area contributed by atoms with Gasteiger partial charge in [-0.15, -0.1) is 22.7 Å². The lowest BCUT2D eigenvalue weighted by atomic mass is 9.86. The second-order valence-corrected chi connectivity index (χ2v) is 17.3. The number of aromatic nitrogens is 1. The van der Waals surface area contributed by atoms with Crippen LogP contribution in [-0.4, -0.2) is 10.4 Å². The van der Waals surface area contributed by atoms with Crippen molar-refractivity contribution in [2.75, 3.05) is 0 Å². The molecule has 7 aromatic carbocycles. The second-order valence-electron chi connectivity index (χ2n) is 15.1. The Bertz CT molecular complexity index is 3190. The van der Waals surface area contributed by atoms with Crippen LogP contribution in [0.25, 0.3) is 63.8 Å². The molecule has 272 valence electrons. The van der Waals surface area contributed by atoms with E-state index < -0.39 is 0 Å². The minimum absolute atomic E-state index is 0.124. The summed E-state index contributed by atoms with van der Waals surface area (Å²) in [6.07, 6.45) is 5.44. The maximum absolute atomic E-state index is 5.17. The highest BCUT2D eigenvalue weighted by atomic mass is 32.1. The minimum atomic E-state index is -0.174. The molecule has 3 unspecified atom stereocenters. The van der Waals surface area contributed by atoms with Gasteiger partial charge in [0.15, 0.2) is 0 Å². The fourth-order valence-electron chi connectivity index (χ4n) is 9.21. The Hall–Kier alpha value is -6.31. The molecule has 57 heavy (non-hydrogen) atoms. The highest BCUT2D eigenvalue weighted by Gasteiger charge is 2.30. The number of para-hydroxylation sites is 2. The number of hydrogen-bond donors (Lipinski definition) is 2. The van der Waals surface area contributed by atoms with Crippen molar-refractivity contribution < 1.29 is 0 Å². The maximum atomic E-state index is 5.17. The summed E-state index contributed by atoms with van der Waals surface area (Å²) >= 11 is 3.86. The lowest BCUT2D eigenvalue weighted by molar-refractivity contribution is 0.411. The molecular formula is C51H36N4S2. The fourth-order valence-corrected chi connectivity index (χ4v) is 11.8. The lowest BCUT2D eigenvalue weighted by Gasteiger charge is -2.32. The van der Waals surface area contributed by atoms with Gasteiger partial charge in [0.1, 0.15) is 18.2 Å². The summed E-state index contributed by atoms with van der Waals surface area (Å²) in [6.45, 7) is 0. The van der Waals surface area contributed by atoms with Crippen molar-refractivity contribution in [2.24, 2.45) is 4.99 Å². The van der Waals surface area contributed by atoms with Crippen molar-refractivity contribution in [1.29, 1.82) is 0 Å². The Morgan fingerprint density at radius 1 is 0.579 bits per heavy atom. The number of hydrogen-bond acceptors (Lipinski definition) is 5. The number of nitrogens with one attached hydrogen (secondary N) is 2. The van der Waals surface area contributed by atoms with E-state index in [1.54, 1.807) is 0 Å². The first-order valence-electron chi connectivity index (χ1n) is 19.6. The van der Waals surface area contributed by atoms with Crippen molar-refractivity contribution in [3.63, 3.8) is 0 Å². The van der Waals surface area contributed by atoms with Gasteiger partial charge in [-0.05, 0) is 65.1 Å². The molecule has 0 fully saturated rings. The zero-order valence-corrected chi connectivity index (χ0v) is 32.5. The average Bonchev–Trinajstić information content (AvgIpc) is 3.96. The van der Waals surface area contributed by atoms with Crippen molar-refractivity contribution in [3.8, 4) is 5.69 Å². The number of allylic oxidation sites excluding steroid dienone is 1. The first-order valence-corrected chi connectivity index (χ1v) is 21.3. The monoisotopic (exact) mass is 768 g/mol. The van der Waals surface area contributed by atoms with Crippen LogP contribution in [0.1, 0.15) is 57.4 Å². The molecule has 1 aliphatic heterocycles. The highest BCUT2D eigenvalue weighted by Crippen LogP contribution is 2.48. The minimum Gasteiger partial charge on any atom is -0.350 e. The number of thiophene rings is 2. The third-order valence-electron chi connectivity index (χ3n) is 11.8. The molecule has 12 rings (SSSR count). The molecule has 10 aromatic rings. The summed E-state index contributed by atoms with van der Waals surface area (Å²) in [7, 11) is 0. The van der Waals surface area contributed by atoms with Gasteiger partial charge in [0.2, 0.25) is 0 Å². The number of aliphatic imine (C=N–C) groups is 1. The van der Waals surface area contributed by atoms with E-state index >= 15 is 0 Å². The first kappa shape index (κ1) is 32.9. The summed E-state index contributed by atoms with van der Waals surface area (Å²) in [6, 6.07) is 59.5. The van der Waals surface area contributed by atoms with E-state index in [1.807, 2.05) is 22.7 Å². The molecule has 2 N–H and O–H groups in total. The Balaban J connectivity index is 0.927. The van der Waals surface area contributed by atoms with Crippen LogP contribution in [0.3, 0.4) is 0 Å². The highest BCUT2D eigenvalue weighted by molar-refractivity contribution is 7.25. The van der Waals surface area contributed by atoms with Crippen molar-refractivity contribution in [2.45, 2.75) is 24.7 Å². The van der Waals surface area contributed by atoms with E-state index in [0.717, 1.165) is 23.4 Å². The molecule has 0 saturated carbocycles. The molecule has 0 bridgehead atoms. The van der Waals surface area contributed by atoms with Crippen molar-refractivity contribution >= 4 is 86.6 Å². The van der Waals surface area contributed by atoms with Crippen LogP contribution in [0.2, 0.25) is 0 Å². The van der Waals surface area contributed by atoms with Crippen LogP contribution in [0.4, 0.5) is 0 Å². The summed E-state index contributed by atoms with van der Waals surface area (Å²) in [5.41, 5.74) is 9.90. The van der Waals surface area contributed by atoms with Gasteiger partial charge in [-0.3, -0.25) is 5.32 Å². The van der Waals surface area contributed by atoms with Gasteiger partial charge < -0.3 is 9.88 Å². The Morgan fingerprint density at radius 3 is 2.07 bits per heavy atom. The van der Waals surface area contributed by atoms with Gasteiger partial charge in [-0.1, -0.05) is 140 Å². The van der Waals surface area contributed by atoms with Gasteiger partial charge >= 0.3 is 0 Å². The second kappa shape index (κ2) is 13.1. The maximum Gasteiger partial charge on any atom is 0.131 e. The third-order valence-corrected chi connectivity index (χ3v) is 14.2. The van der Waals surface area contributed by atoms with Gasteiger partial charge in [0.05, 0.1) is 11.0 Å². The van der Waals surface area contributed by atoms with Crippen LogP contribution >= 0.6 is 22.7 Å². The Labute approximate surface area is 338 Å².